The zero-order chi connectivity index (χ0) is 21.3. The number of rotatable bonds is 5. The van der Waals surface area contributed by atoms with Crippen LogP contribution in [0.25, 0.3) is 0 Å². The Bertz CT molecular complexity index is 780. The smallest absolute Gasteiger partial charge is 0.186 e. The van der Waals surface area contributed by atoms with Crippen molar-refractivity contribution in [3.63, 3.8) is 0 Å². The Hall–Kier alpha value is -1.69. The van der Waals surface area contributed by atoms with E-state index in [1.165, 1.54) is 6.42 Å². The summed E-state index contributed by atoms with van der Waals surface area (Å²) in [6.07, 6.45) is 3.42. The lowest BCUT2D eigenvalue weighted by molar-refractivity contribution is -0.204. The fraction of sp³-hybridized carbons (Fsp3) is 0.478. The average molecular weight is 430 g/mol. The molecule has 2 heterocycles. The van der Waals surface area contributed by atoms with E-state index in [0.29, 0.717) is 0 Å². The van der Waals surface area contributed by atoms with Gasteiger partial charge in [-0.05, 0) is 48.2 Å². The van der Waals surface area contributed by atoms with Crippen molar-refractivity contribution in [1.29, 1.82) is 0 Å². The molecule has 2 aliphatic heterocycles. The molecule has 0 bridgehead atoms. The molecule has 0 spiro atoms. The molecule has 4 rings (SSSR count). The highest BCUT2D eigenvalue weighted by Gasteiger charge is 2.59. The number of ether oxygens (including phenoxy) is 2. The lowest BCUT2D eigenvalue weighted by Crippen LogP contribution is -2.45. The van der Waals surface area contributed by atoms with Crippen LogP contribution >= 0.6 is 7.94 Å². The monoisotopic (exact) mass is 429 g/mol. The first-order valence-electron chi connectivity index (χ1n) is 10.6. The van der Waals surface area contributed by atoms with E-state index < -0.39 is 7.94 Å². The van der Waals surface area contributed by atoms with Crippen LogP contribution in [-0.4, -0.2) is 55.4 Å². The van der Waals surface area contributed by atoms with Crippen molar-refractivity contribution in [3.8, 4) is 11.5 Å². The van der Waals surface area contributed by atoms with Gasteiger partial charge in [-0.2, -0.15) is 4.67 Å². The molecule has 162 valence electrons. The lowest BCUT2D eigenvalue weighted by Gasteiger charge is -2.45. The van der Waals surface area contributed by atoms with Gasteiger partial charge in [-0.15, -0.1) is 9.34 Å². The maximum Gasteiger partial charge on any atom is 0.186 e. The van der Waals surface area contributed by atoms with E-state index in [1.54, 1.807) is 14.2 Å². The lowest BCUT2D eigenvalue weighted by atomic mass is 9.93. The Balaban J connectivity index is 1.77. The highest BCUT2D eigenvalue weighted by molar-refractivity contribution is 7.62. The Morgan fingerprint density at radius 1 is 0.733 bits per heavy atom. The first kappa shape index (κ1) is 21.5. The van der Waals surface area contributed by atoms with Gasteiger partial charge in [0.15, 0.2) is 7.94 Å². The van der Waals surface area contributed by atoms with Gasteiger partial charge in [-0.3, -0.25) is 0 Å². The van der Waals surface area contributed by atoms with Crippen molar-refractivity contribution in [2.75, 3.05) is 41.4 Å². The molecule has 0 amide bonds. The first-order chi connectivity index (χ1) is 14.5. The van der Waals surface area contributed by atoms with Crippen LogP contribution in [0.2, 0.25) is 0 Å². The maximum absolute atomic E-state index is 14.6. The highest BCUT2D eigenvalue weighted by Crippen LogP contribution is 2.72. The van der Waals surface area contributed by atoms with E-state index in [9.17, 15) is 4.89 Å². The van der Waals surface area contributed by atoms with E-state index in [0.717, 1.165) is 48.6 Å². The second kappa shape index (κ2) is 8.81. The van der Waals surface area contributed by atoms with E-state index >= 15 is 0 Å². The van der Waals surface area contributed by atoms with Gasteiger partial charge >= 0.3 is 0 Å². The Labute approximate surface area is 180 Å². The van der Waals surface area contributed by atoms with Crippen molar-refractivity contribution in [2.45, 2.75) is 31.3 Å². The van der Waals surface area contributed by atoms with Gasteiger partial charge in [0.25, 0.3) is 0 Å². The van der Waals surface area contributed by atoms with Crippen LogP contribution in [0.3, 0.4) is 0 Å². The van der Waals surface area contributed by atoms with Crippen molar-refractivity contribution in [2.24, 2.45) is 0 Å². The molecule has 6 nitrogen and oxygen atoms in total. The van der Waals surface area contributed by atoms with Crippen LogP contribution in [0.15, 0.2) is 48.5 Å². The number of benzene rings is 2. The van der Waals surface area contributed by atoms with Crippen molar-refractivity contribution in [3.05, 3.63) is 59.7 Å². The predicted molar refractivity (Wildman–Crippen MR) is 119 cm³/mol. The molecule has 0 aliphatic carbocycles. The second-order valence-electron chi connectivity index (χ2n) is 8.11. The van der Waals surface area contributed by atoms with Gasteiger partial charge in [0.2, 0.25) is 0 Å². The van der Waals surface area contributed by atoms with Gasteiger partial charge in [0.1, 0.15) is 11.5 Å². The maximum atomic E-state index is 14.6. The van der Waals surface area contributed by atoms with E-state index in [4.69, 9.17) is 9.47 Å². The largest absolute Gasteiger partial charge is 0.636 e. The SMILES string of the molecule is COc1ccc([C@H]2[C@H](c3ccc(OC)cc3)N(C)[P+]([O-])(N3CCCCC3)N2C)cc1. The molecule has 2 atom stereocenters. The summed E-state index contributed by atoms with van der Waals surface area (Å²) < 4.78 is 17.2. The van der Waals surface area contributed by atoms with Crippen molar-refractivity contribution >= 4 is 7.94 Å². The highest BCUT2D eigenvalue weighted by atomic mass is 31.2. The molecular weight excluding hydrogens is 397 g/mol. The minimum atomic E-state index is -2.87. The summed E-state index contributed by atoms with van der Waals surface area (Å²) in [4.78, 5) is 14.6. The molecule has 7 heteroatoms. The molecule has 30 heavy (non-hydrogen) atoms. The van der Waals surface area contributed by atoms with Crippen molar-refractivity contribution in [1.82, 2.24) is 14.0 Å². The fourth-order valence-corrected chi connectivity index (χ4v) is 8.10. The quantitative estimate of drug-likeness (QED) is 0.673. The summed E-state index contributed by atoms with van der Waals surface area (Å²) in [7, 11) is 4.52. The summed E-state index contributed by atoms with van der Waals surface area (Å²) in [5.41, 5.74) is 2.28. The normalized spacial score (nSPS) is 25.4. The van der Waals surface area contributed by atoms with Crippen LogP contribution in [0.4, 0.5) is 0 Å². The molecule has 2 aliphatic rings. The summed E-state index contributed by atoms with van der Waals surface area (Å²) in [6, 6.07) is 16.3. The number of piperidine rings is 1. The molecule has 0 radical (unpaired) electrons. The van der Waals surface area contributed by atoms with E-state index in [2.05, 4.69) is 38.3 Å². The molecule has 0 N–H and O–H groups in total. The molecule has 0 unspecified atom stereocenters. The summed E-state index contributed by atoms with van der Waals surface area (Å²) in [6.45, 7) is 1.77. The Morgan fingerprint density at radius 2 is 1.13 bits per heavy atom. The average Bonchev–Trinajstić information content (AvgIpc) is 3.01. The molecule has 2 saturated heterocycles. The van der Waals surface area contributed by atoms with Crippen molar-refractivity contribution < 1.29 is 14.4 Å². The van der Waals surface area contributed by atoms with Gasteiger partial charge < -0.3 is 14.4 Å². The topological polar surface area (TPSA) is 51.2 Å². The molecule has 0 aromatic heterocycles. The number of hydrogen-bond acceptors (Lipinski definition) is 6. The zero-order valence-corrected chi connectivity index (χ0v) is 19.2. The number of nitrogens with zero attached hydrogens (tertiary/aromatic N) is 3. The Morgan fingerprint density at radius 3 is 1.50 bits per heavy atom. The van der Waals surface area contributed by atoms with Gasteiger partial charge in [-0.25, -0.2) is 0 Å². The molecule has 2 fully saturated rings. The predicted octanol–water partition coefficient (Wildman–Crippen LogP) is 3.89. The summed E-state index contributed by atoms with van der Waals surface area (Å²) >= 11 is 0. The van der Waals surface area contributed by atoms with Gasteiger partial charge in [-0.1, -0.05) is 30.7 Å². The molecular formula is C23H32N3O3P. The van der Waals surface area contributed by atoms with E-state index in [-0.39, 0.29) is 12.1 Å². The second-order valence-corrected chi connectivity index (χ2v) is 11.0. The van der Waals surface area contributed by atoms with Gasteiger partial charge in [0.05, 0.1) is 26.3 Å². The standard InChI is InChI=1S/C23H32N3O3P/c1-24-22(18-8-12-20(28-3)13-9-18)23(19-10-14-21(29-4)15-11-19)25(2)30(24,27)26-16-6-5-7-17-26/h8-15,22-23H,5-7,16-17H2,1-4H3/t22-,23-/m0/s1. The van der Waals surface area contributed by atoms with Crippen LogP contribution in [0.1, 0.15) is 42.5 Å². The third kappa shape index (κ3) is 3.61. The Kier molecular flexibility index (Phi) is 6.33. The zero-order valence-electron chi connectivity index (χ0n) is 18.3. The summed E-state index contributed by atoms with van der Waals surface area (Å²) in [5.74, 6) is 1.65. The fourth-order valence-electron chi connectivity index (χ4n) is 4.89. The third-order valence-electron chi connectivity index (χ3n) is 6.54. The molecule has 0 saturated carbocycles. The number of hydrogen-bond donors (Lipinski definition) is 0. The van der Waals surface area contributed by atoms with Crippen LogP contribution in [0, 0.1) is 0 Å². The van der Waals surface area contributed by atoms with Crippen LogP contribution < -0.4 is 14.4 Å². The van der Waals surface area contributed by atoms with E-state index in [1.807, 2.05) is 38.4 Å². The molecule has 2 aromatic carbocycles. The summed E-state index contributed by atoms with van der Waals surface area (Å²) in [5, 5.41) is 0. The number of likely N-dealkylation sites (N-methyl/N-ethyl adjacent to an activating group) is 2. The molecule has 2 aromatic rings. The first-order valence-corrected chi connectivity index (χ1v) is 12.2. The minimum Gasteiger partial charge on any atom is -0.636 e. The van der Waals surface area contributed by atoms with Crippen LogP contribution in [0.5, 0.6) is 11.5 Å². The minimum absolute atomic E-state index is 0.0259. The van der Waals surface area contributed by atoms with Crippen LogP contribution in [-0.2, 0) is 0 Å². The third-order valence-corrected chi connectivity index (χ3v) is 9.82. The number of methoxy groups -OCH3 is 2. The van der Waals surface area contributed by atoms with Gasteiger partial charge in [0, 0.05) is 27.2 Å².